The van der Waals surface area contributed by atoms with Gasteiger partial charge in [-0.05, 0) is 48.7 Å². The molecule has 4 amide bonds. The maximum absolute atomic E-state index is 13.6. The third kappa shape index (κ3) is 6.34. The third-order valence-corrected chi connectivity index (χ3v) is 7.64. The van der Waals surface area contributed by atoms with Crippen molar-refractivity contribution in [2.24, 2.45) is 0 Å². The number of aryl methyl sites for hydroxylation is 1. The molecule has 1 aliphatic heterocycles. The second-order valence-corrected chi connectivity index (χ2v) is 12.1. The molecule has 2 atom stereocenters. The lowest BCUT2D eigenvalue weighted by molar-refractivity contribution is -0.187. The molecular formula is C26H25F4N3O7S. The molecule has 0 aromatic heterocycles. The summed E-state index contributed by atoms with van der Waals surface area (Å²) in [5.74, 6) is -4.23. The molecule has 1 unspecified atom stereocenters. The monoisotopic (exact) mass is 599 g/mol. The summed E-state index contributed by atoms with van der Waals surface area (Å²) in [6.45, 7) is -0.818. The quantitative estimate of drug-likeness (QED) is 0.462. The van der Waals surface area contributed by atoms with Crippen LogP contribution in [0.4, 0.5) is 28.0 Å². The summed E-state index contributed by atoms with van der Waals surface area (Å²) in [6, 6.07) is 6.51. The minimum absolute atomic E-state index is 0.0173. The van der Waals surface area contributed by atoms with Gasteiger partial charge in [0.15, 0.2) is 9.84 Å². The molecule has 1 saturated heterocycles. The predicted octanol–water partition coefficient (Wildman–Crippen LogP) is 2.91. The molecule has 15 heteroatoms. The number of fused-ring (bicyclic) bond motifs is 2. The number of amides is 4. The van der Waals surface area contributed by atoms with E-state index in [1.165, 1.54) is 30.3 Å². The van der Waals surface area contributed by atoms with Crippen LogP contribution >= 0.6 is 0 Å². The molecular weight excluding hydrogens is 574 g/mol. The number of sulfone groups is 1. The van der Waals surface area contributed by atoms with Gasteiger partial charge in [-0.3, -0.25) is 14.4 Å². The van der Waals surface area contributed by atoms with Gasteiger partial charge < -0.3 is 15.0 Å². The smallest absolute Gasteiger partial charge is 0.418 e. The summed E-state index contributed by atoms with van der Waals surface area (Å²) < 4.78 is 82.2. The van der Waals surface area contributed by atoms with Crippen LogP contribution in [0.25, 0.3) is 0 Å². The molecule has 2 aliphatic rings. The second kappa shape index (κ2) is 10.8. The number of hydrogen-bond donors (Lipinski definition) is 1. The number of nitrogens with one attached hydrogen (secondary N) is 1. The van der Waals surface area contributed by atoms with Crippen molar-refractivity contribution in [3.05, 3.63) is 65.0 Å². The molecule has 4 rings (SSSR count). The van der Waals surface area contributed by atoms with Gasteiger partial charge >= 0.3 is 12.3 Å². The number of ether oxygens (including phenoxy) is 1. The fourth-order valence-corrected chi connectivity index (χ4v) is 5.34. The number of hydrogen-bond acceptors (Lipinski definition) is 7. The Labute approximate surface area is 232 Å². The van der Waals surface area contributed by atoms with Crippen LogP contribution in [0.2, 0.25) is 0 Å². The van der Waals surface area contributed by atoms with E-state index in [9.17, 15) is 45.2 Å². The Bertz CT molecular complexity index is 1510. The zero-order chi connectivity index (χ0) is 30.3. The predicted molar refractivity (Wildman–Crippen MR) is 135 cm³/mol. The van der Waals surface area contributed by atoms with Crippen LogP contribution in [0.5, 0.6) is 0 Å². The zero-order valence-electron chi connectivity index (χ0n) is 21.8. The highest BCUT2D eigenvalue weighted by Crippen LogP contribution is 2.46. The van der Waals surface area contributed by atoms with E-state index in [4.69, 9.17) is 4.74 Å². The number of halogens is 4. The molecule has 1 heterocycles. The Kier molecular flexibility index (Phi) is 7.86. The van der Waals surface area contributed by atoms with Gasteiger partial charge in [0, 0.05) is 30.5 Å². The topological polar surface area (TPSA) is 130 Å². The van der Waals surface area contributed by atoms with Gasteiger partial charge in [0.25, 0.3) is 5.91 Å². The van der Waals surface area contributed by atoms with Gasteiger partial charge in [-0.15, -0.1) is 0 Å². The lowest BCUT2D eigenvalue weighted by Crippen LogP contribution is -2.51. The first-order valence-corrected chi connectivity index (χ1v) is 14.3. The first-order valence-electron chi connectivity index (χ1n) is 12.3. The summed E-state index contributed by atoms with van der Waals surface area (Å²) in [7, 11) is -3.57. The summed E-state index contributed by atoms with van der Waals surface area (Å²) in [5, 5.41) is 2.44. The average molecular weight is 600 g/mol. The SMILES string of the molecule is CC(N(Cc1ccc(F)cc1)C(=O)CN1C(=O)O[C@@]2(CCc3cc(NC(=O)CS(C)(=O)=O)ccc32)C1=O)C(F)(F)F. The van der Waals surface area contributed by atoms with Crippen molar-refractivity contribution in [3.8, 4) is 0 Å². The second-order valence-electron chi connectivity index (χ2n) is 9.94. The number of benzene rings is 2. The van der Waals surface area contributed by atoms with Crippen molar-refractivity contribution in [3.63, 3.8) is 0 Å². The van der Waals surface area contributed by atoms with Gasteiger partial charge in [-0.25, -0.2) is 22.5 Å². The van der Waals surface area contributed by atoms with E-state index in [2.05, 4.69) is 5.32 Å². The lowest BCUT2D eigenvalue weighted by Gasteiger charge is -2.31. The van der Waals surface area contributed by atoms with Crippen LogP contribution in [-0.2, 0) is 47.5 Å². The van der Waals surface area contributed by atoms with Crippen molar-refractivity contribution in [2.45, 2.75) is 44.1 Å². The van der Waals surface area contributed by atoms with Gasteiger partial charge in [0.1, 0.15) is 24.2 Å². The molecule has 1 aliphatic carbocycles. The number of carbonyl (C=O) groups excluding carboxylic acids is 4. The molecule has 1 N–H and O–H groups in total. The Morgan fingerprint density at radius 3 is 2.41 bits per heavy atom. The molecule has 1 spiro atoms. The van der Waals surface area contributed by atoms with Gasteiger partial charge in [0.2, 0.25) is 17.4 Å². The minimum Gasteiger partial charge on any atom is -0.427 e. The summed E-state index contributed by atoms with van der Waals surface area (Å²) in [4.78, 5) is 52.2. The van der Waals surface area contributed by atoms with E-state index in [1.54, 1.807) is 0 Å². The van der Waals surface area contributed by atoms with E-state index >= 15 is 0 Å². The number of nitrogens with zero attached hydrogens (tertiary/aromatic N) is 2. The Hall–Kier alpha value is -4.01. The van der Waals surface area contributed by atoms with E-state index in [0.717, 1.165) is 25.3 Å². The molecule has 1 fully saturated rings. The molecule has 0 bridgehead atoms. The third-order valence-electron chi connectivity index (χ3n) is 6.86. The normalized spacial score (nSPS) is 19.2. The number of alkyl halides is 3. The highest BCUT2D eigenvalue weighted by Gasteiger charge is 2.58. The zero-order valence-corrected chi connectivity index (χ0v) is 22.6. The van der Waals surface area contributed by atoms with E-state index in [-0.39, 0.29) is 29.7 Å². The van der Waals surface area contributed by atoms with Crippen molar-refractivity contribution in [2.75, 3.05) is 23.9 Å². The highest BCUT2D eigenvalue weighted by atomic mass is 32.2. The molecule has 0 saturated carbocycles. The molecule has 2 aromatic rings. The fraction of sp³-hybridized carbons (Fsp3) is 0.385. The highest BCUT2D eigenvalue weighted by molar-refractivity contribution is 7.91. The van der Waals surface area contributed by atoms with Crippen LogP contribution in [0.3, 0.4) is 0 Å². The van der Waals surface area contributed by atoms with Gasteiger partial charge in [0.05, 0.1) is 0 Å². The number of carbonyl (C=O) groups is 4. The largest absolute Gasteiger partial charge is 0.427 e. The van der Waals surface area contributed by atoms with E-state index in [0.29, 0.717) is 15.4 Å². The minimum atomic E-state index is -4.83. The molecule has 0 radical (unpaired) electrons. The maximum atomic E-state index is 13.6. The summed E-state index contributed by atoms with van der Waals surface area (Å²) in [6.07, 6.45) is -4.93. The molecule has 220 valence electrons. The van der Waals surface area contributed by atoms with Crippen molar-refractivity contribution < 1.29 is 49.9 Å². The van der Waals surface area contributed by atoms with Crippen molar-refractivity contribution >= 4 is 39.3 Å². The van der Waals surface area contributed by atoms with Crippen LogP contribution in [0.15, 0.2) is 42.5 Å². The first-order chi connectivity index (χ1) is 19.0. The van der Waals surface area contributed by atoms with E-state index < -0.39 is 76.1 Å². The summed E-state index contributed by atoms with van der Waals surface area (Å²) in [5.41, 5.74) is -0.569. The average Bonchev–Trinajstić information content (AvgIpc) is 3.33. The first kappa shape index (κ1) is 30.0. The Morgan fingerprint density at radius 2 is 1.80 bits per heavy atom. The fourth-order valence-electron chi connectivity index (χ4n) is 4.80. The van der Waals surface area contributed by atoms with Crippen LogP contribution < -0.4 is 5.32 Å². The number of rotatable bonds is 8. The van der Waals surface area contributed by atoms with Crippen molar-refractivity contribution in [1.29, 1.82) is 0 Å². The molecule has 10 nitrogen and oxygen atoms in total. The van der Waals surface area contributed by atoms with Gasteiger partial charge in [-0.1, -0.05) is 18.2 Å². The van der Waals surface area contributed by atoms with Crippen molar-refractivity contribution in [1.82, 2.24) is 9.80 Å². The Morgan fingerprint density at radius 1 is 1.15 bits per heavy atom. The molecule has 2 aromatic carbocycles. The van der Waals surface area contributed by atoms with Crippen LogP contribution in [0, 0.1) is 5.82 Å². The number of imide groups is 1. The van der Waals surface area contributed by atoms with Gasteiger partial charge in [-0.2, -0.15) is 13.2 Å². The number of anilines is 1. The Balaban J connectivity index is 1.54. The van der Waals surface area contributed by atoms with E-state index in [1.807, 2.05) is 0 Å². The summed E-state index contributed by atoms with van der Waals surface area (Å²) >= 11 is 0. The lowest BCUT2D eigenvalue weighted by atomic mass is 9.94. The molecule has 41 heavy (non-hydrogen) atoms. The standard InChI is InChI=1S/C26H25F4N3O7S/c1-15(26(28,29)30)32(12-16-3-5-18(27)6-4-16)22(35)13-33-23(36)25(40-24(33)37)10-9-17-11-19(7-8-20(17)25)31-21(34)14-41(2,38)39/h3-8,11,15H,9-10,12-14H2,1-2H3,(H,31,34)/t15?,25-/m1/s1. The van der Waals surface area contributed by atoms with Crippen LogP contribution in [-0.4, -0.2) is 72.8 Å². The van der Waals surface area contributed by atoms with Crippen LogP contribution in [0.1, 0.15) is 30.0 Å². The maximum Gasteiger partial charge on any atom is 0.418 e.